The Morgan fingerprint density at radius 1 is 1.33 bits per heavy atom. The van der Waals surface area contributed by atoms with E-state index in [1.54, 1.807) is 24.3 Å². The van der Waals surface area contributed by atoms with Crippen molar-refractivity contribution < 1.29 is 9.90 Å². The van der Waals surface area contributed by atoms with Crippen LogP contribution in [0.25, 0.3) is 0 Å². The van der Waals surface area contributed by atoms with Crippen molar-refractivity contribution >= 4 is 11.6 Å². The molecule has 1 aromatic carbocycles. The van der Waals surface area contributed by atoms with Crippen molar-refractivity contribution in [3.8, 4) is 5.88 Å². The third-order valence-corrected chi connectivity index (χ3v) is 2.39. The maximum atomic E-state index is 11.8. The van der Waals surface area contributed by atoms with Crippen LogP contribution in [0, 0.1) is 6.92 Å². The molecule has 0 bridgehead atoms. The molecule has 6 nitrogen and oxygen atoms in total. The predicted molar refractivity (Wildman–Crippen MR) is 65.7 cm³/mol. The van der Waals surface area contributed by atoms with Crippen molar-refractivity contribution in [3.05, 3.63) is 52.1 Å². The Hall–Kier alpha value is -2.63. The molecular weight excluding hydrogens is 234 g/mol. The highest BCUT2D eigenvalue weighted by molar-refractivity contribution is 6.04. The maximum Gasteiger partial charge on any atom is 0.278 e. The molecule has 0 aliphatic heterocycles. The number of amides is 1. The van der Waals surface area contributed by atoms with E-state index in [1.165, 1.54) is 0 Å². The Labute approximate surface area is 102 Å². The minimum absolute atomic E-state index is 0.261. The van der Waals surface area contributed by atoms with Gasteiger partial charge in [0, 0.05) is 5.56 Å². The van der Waals surface area contributed by atoms with Crippen LogP contribution in [0.1, 0.15) is 15.9 Å². The lowest BCUT2D eigenvalue weighted by atomic mass is 10.1. The Balaban J connectivity index is 2.27. The molecule has 1 aromatic heterocycles. The van der Waals surface area contributed by atoms with Crippen molar-refractivity contribution in [2.75, 3.05) is 5.32 Å². The van der Waals surface area contributed by atoms with Gasteiger partial charge in [0.1, 0.15) is 0 Å². The average Bonchev–Trinajstić information content (AvgIpc) is 2.34. The molecule has 18 heavy (non-hydrogen) atoms. The number of carbonyl (C=O) groups is 1. The molecule has 6 heteroatoms. The summed E-state index contributed by atoms with van der Waals surface area (Å²) >= 11 is 0. The van der Waals surface area contributed by atoms with Gasteiger partial charge in [-0.15, -0.1) is 0 Å². The van der Waals surface area contributed by atoms with Crippen LogP contribution >= 0.6 is 0 Å². The van der Waals surface area contributed by atoms with Gasteiger partial charge in [-0.05, 0) is 19.1 Å². The van der Waals surface area contributed by atoms with Crippen molar-refractivity contribution in [1.82, 2.24) is 9.97 Å². The number of benzene rings is 1. The second kappa shape index (κ2) is 4.70. The van der Waals surface area contributed by atoms with Crippen molar-refractivity contribution in [3.63, 3.8) is 0 Å². The molecule has 0 saturated heterocycles. The van der Waals surface area contributed by atoms with Crippen LogP contribution in [0.15, 0.2) is 35.4 Å². The van der Waals surface area contributed by atoms with Crippen LogP contribution in [0.3, 0.4) is 0 Å². The van der Waals surface area contributed by atoms with Crippen LogP contribution in [0.2, 0.25) is 0 Å². The number of nitrogens with one attached hydrogen (secondary N) is 2. The van der Waals surface area contributed by atoms with E-state index < -0.39 is 17.3 Å². The molecule has 1 amide bonds. The van der Waals surface area contributed by atoms with Crippen LogP contribution < -0.4 is 10.9 Å². The lowest BCUT2D eigenvalue weighted by Crippen LogP contribution is -2.20. The molecule has 0 fully saturated rings. The van der Waals surface area contributed by atoms with E-state index in [1.807, 2.05) is 6.92 Å². The number of aromatic amines is 1. The number of aromatic hydroxyl groups is 1. The number of carbonyl (C=O) groups excluding carboxylic acids is 1. The zero-order chi connectivity index (χ0) is 13.1. The van der Waals surface area contributed by atoms with Gasteiger partial charge in [0.2, 0.25) is 5.88 Å². The number of hydrogen-bond donors (Lipinski definition) is 3. The number of rotatable bonds is 2. The fraction of sp³-hybridized carbons (Fsp3) is 0.0833. The topological polar surface area (TPSA) is 95.1 Å². The van der Waals surface area contributed by atoms with E-state index >= 15 is 0 Å². The molecule has 0 atom stereocenters. The molecule has 2 aromatic rings. The summed E-state index contributed by atoms with van der Waals surface area (Å²) in [5.74, 6) is -0.997. The molecule has 0 radical (unpaired) electrons. The zero-order valence-corrected chi connectivity index (χ0v) is 9.60. The molecule has 0 aliphatic rings. The average molecular weight is 245 g/mol. The molecule has 1 heterocycles. The van der Waals surface area contributed by atoms with Gasteiger partial charge in [0.25, 0.3) is 11.5 Å². The van der Waals surface area contributed by atoms with Gasteiger partial charge in [0.15, 0.2) is 5.69 Å². The molecule has 0 saturated carbocycles. The SMILES string of the molecule is Cc1ccc(C(=O)Nc2c(O)nc[nH]c2=O)cc1. The molecule has 3 N–H and O–H groups in total. The molecule has 2 rings (SSSR count). The first-order valence-electron chi connectivity index (χ1n) is 5.22. The van der Waals surface area contributed by atoms with Gasteiger partial charge < -0.3 is 15.4 Å². The molecule has 0 unspecified atom stereocenters. The lowest BCUT2D eigenvalue weighted by molar-refractivity contribution is 0.102. The minimum Gasteiger partial charge on any atom is -0.492 e. The largest absolute Gasteiger partial charge is 0.492 e. The van der Waals surface area contributed by atoms with E-state index in [9.17, 15) is 14.7 Å². The quantitative estimate of drug-likeness (QED) is 0.736. The summed E-state index contributed by atoms with van der Waals surface area (Å²) in [5, 5.41) is 11.7. The smallest absolute Gasteiger partial charge is 0.278 e. The van der Waals surface area contributed by atoms with Gasteiger partial charge in [-0.25, -0.2) is 4.98 Å². The Kier molecular flexibility index (Phi) is 3.09. The Bertz CT molecular complexity index is 632. The molecule has 0 spiro atoms. The standard InChI is InChI=1S/C12H11N3O3/c1-7-2-4-8(5-3-7)10(16)15-9-11(17)13-6-14-12(9)18/h2-6H,1H3,(H,15,16)(H2,13,14,17,18). The van der Waals surface area contributed by atoms with Gasteiger partial charge in [-0.1, -0.05) is 17.7 Å². The monoisotopic (exact) mass is 245 g/mol. The van der Waals surface area contributed by atoms with Gasteiger partial charge >= 0.3 is 0 Å². The number of aryl methyl sites for hydroxylation is 1. The van der Waals surface area contributed by atoms with Gasteiger partial charge in [-0.3, -0.25) is 9.59 Å². The van der Waals surface area contributed by atoms with E-state index in [-0.39, 0.29) is 5.69 Å². The lowest BCUT2D eigenvalue weighted by Gasteiger charge is -2.05. The number of hydrogen-bond acceptors (Lipinski definition) is 4. The molecule has 92 valence electrons. The van der Waals surface area contributed by atoms with Crippen molar-refractivity contribution in [1.29, 1.82) is 0 Å². The van der Waals surface area contributed by atoms with Crippen LogP contribution in [0.4, 0.5) is 5.69 Å². The fourth-order valence-corrected chi connectivity index (χ4v) is 1.39. The number of H-pyrrole nitrogens is 1. The number of aromatic nitrogens is 2. The third kappa shape index (κ3) is 2.37. The second-order valence-electron chi connectivity index (χ2n) is 3.75. The predicted octanol–water partition coefficient (Wildman–Crippen LogP) is 1.04. The van der Waals surface area contributed by atoms with E-state index in [4.69, 9.17) is 0 Å². The number of nitrogens with zero attached hydrogens (tertiary/aromatic N) is 1. The van der Waals surface area contributed by atoms with Crippen molar-refractivity contribution in [2.24, 2.45) is 0 Å². The first kappa shape index (κ1) is 11.8. The molecule has 0 aliphatic carbocycles. The Morgan fingerprint density at radius 2 is 2.00 bits per heavy atom. The summed E-state index contributed by atoms with van der Waals surface area (Å²) in [6, 6.07) is 6.82. The van der Waals surface area contributed by atoms with Crippen LogP contribution in [-0.2, 0) is 0 Å². The minimum atomic E-state index is -0.608. The summed E-state index contributed by atoms with van der Waals surface area (Å²) in [4.78, 5) is 29.0. The highest BCUT2D eigenvalue weighted by Crippen LogP contribution is 2.14. The summed E-state index contributed by atoms with van der Waals surface area (Å²) in [6.07, 6.45) is 1.05. The summed E-state index contributed by atoms with van der Waals surface area (Å²) < 4.78 is 0. The first-order chi connectivity index (χ1) is 8.58. The molecular formula is C12H11N3O3. The van der Waals surface area contributed by atoms with Gasteiger partial charge in [0.05, 0.1) is 6.33 Å². The highest BCUT2D eigenvalue weighted by Gasteiger charge is 2.12. The summed E-state index contributed by atoms with van der Waals surface area (Å²) in [6.45, 7) is 1.90. The Morgan fingerprint density at radius 3 is 2.61 bits per heavy atom. The summed E-state index contributed by atoms with van der Waals surface area (Å²) in [7, 11) is 0. The van der Waals surface area contributed by atoms with Crippen LogP contribution in [0.5, 0.6) is 5.88 Å². The summed E-state index contributed by atoms with van der Waals surface area (Å²) in [5.41, 5.74) is 0.544. The normalized spacial score (nSPS) is 10.1. The zero-order valence-electron chi connectivity index (χ0n) is 9.60. The van der Waals surface area contributed by atoms with Crippen molar-refractivity contribution in [2.45, 2.75) is 6.92 Å². The first-order valence-corrected chi connectivity index (χ1v) is 5.22. The fourth-order valence-electron chi connectivity index (χ4n) is 1.39. The van der Waals surface area contributed by atoms with Crippen LogP contribution in [-0.4, -0.2) is 21.0 Å². The third-order valence-electron chi connectivity index (χ3n) is 2.39. The van der Waals surface area contributed by atoms with E-state index in [2.05, 4.69) is 15.3 Å². The highest BCUT2D eigenvalue weighted by atomic mass is 16.3. The van der Waals surface area contributed by atoms with Gasteiger partial charge in [-0.2, -0.15) is 0 Å². The number of anilines is 1. The maximum absolute atomic E-state index is 11.8. The van der Waals surface area contributed by atoms with E-state index in [0.717, 1.165) is 11.9 Å². The van der Waals surface area contributed by atoms with E-state index in [0.29, 0.717) is 5.56 Å². The second-order valence-corrected chi connectivity index (χ2v) is 3.75.